The van der Waals surface area contributed by atoms with Crippen LogP contribution in [0.5, 0.6) is 29.0 Å². The molecule has 38 nitrogen and oxygen atoms in total. The van der Waals surface area contributed by atoms with Crippen molar-refractivity contribution in [2.24, 2.45) is 0 Å². The van der Waals surface area contributed by atoms with Gasteiger partial charge in [-0.05, 0) is 190 Å². The third-order valence-electron chi connectivity index (χ3n) is 30.0. The van der Waals surface area contributed by atoms with Crippen molar-refractivity contribution >= 4 is 103 Å². The summed E-state index contributed by atoms with van der Waals surface area (Å²) in [7, 11) is 1.66. The number of pyridine rings is 2. The predicted octanol–water partition coefficient (Wildman–Crippen LogP) is 14.1. The lowest BCUT2D eigenvalue weighted by atomic mass is 9.92. The Hall–Kier alpha value is -16.0. The second-order valence-corrected chi connectivity index (χ2v) is 39.5. The third-order valence-corrected chi connectivity index (χ3v) is 30.0. The van der Waals surface area contributed by atoms with Gasteiger partial charge in [0.1, 0.15) is 29.5 Å². The number of ether oxygens (including phenoxy) is 9. The van der Waals surface area contributed by atoms with Gasteiger partial charge in [0.05, 0.1) is 138 Å². The van der Waals surface area contributed by atoms with Crippen LogP contribution in [0.3, 0.4) is 0 Å². The van der Waals surface area contributed by atoms with Gasteiger partial charge < -0.3 is 112 Å². The SMILES string of the molecule is COc1cc(Nc2nc(-c3cnc4c(c3)CCCO4)cn3ccnc23)ccc1N1CCC[C@]2(CNC(=O)O2)C1.O=C1NCCOc2ccc(-c3cn4ccnc4c(Nc4ccc(N5CCN(C6COC6)CC5)cc4)n3)cc21.c1cn2cc(-c3ccc4c(c3)CCCO4)nc(Nc3ccc(N4CCN(C5COC5)CC4)cc3)c2n1.c1cn2cc(-c3cnc4c(c3)CCCO4)nc(Nc3ccc(N4CCN(C5COC5)CC4)cc3)c2n1. The number of alkyl carbamates (subject to hydrolysis) is 1. The van der Waals surface area contributed by atoms with Crippen molar-refractivity contribution in [3.8, 4) is 74.0 Å². The highest BCUT2D eigenvalue weighted by atomic mass is 16.6. The molecule has 0 saturated carbocycles. The largest absolute Gasteiger partial charge is 0.495 e. The molecule has 38 heteroatoms. The van der Waals surface area contributed by atoms with Crippen LogP contribution in [0.4, 0.5) is 73.6 Å². The molecule has 149 heavy (non-hydrogen) atoms. The highest BCUT2D eigenvalue weighted by molar-refractivity contribution is 5.98. The maximum absolute atomic E-state index is 12.5. The minimum atomic E-state index is -0.494. The number of nitrogens with zero attached hydrogens (tertiary/aromatic N) is 21. The summed E-state index contributed by atoms with van der Waals surface area (Å²) in [6.45, 7) is 23.2. The van der Waals surface area contributed by atoms with Crippen molar-refractivity contribution in [3.63, 3.8) is 0 Å². The van der Waals surface area contributed by atoms with Crippen LogP contribution >= 0.6 is 0 Å². The number of benzene rings is 6. The fourth-order valence-corrected chi connectivity index (χ4v) is 21.5. The number of aryl methyl sites for hydroxylation is 3. The van der Waals surface area contributed by atoms with E-state index in [1.807, 2.05) is 116 Å². The lowest BCUT2D eigenvalue weighted by Gasteiger charge is -2.43. The number of carbonyl (C=O) groups is 2. The standard InChI is InChI=1S/C28H29N7O4.C28H29N7O3.C28H30N6O2.C27H29N7O2/c1-37-23-13-20(5-6-22(23)35-9-3-7-28(17-35)16-31-27(36)39-28)32-24-25-29-8-10-34(25)15-21(33-24)19-12-18-4-2-11-38-26(18)30-14-19;36-28-23-15-19(1-6-25(23)38-14-8-30-28)24-16-35-9-7-29-27(35)26(32-24)31-20-2-4-21(5-3-20)33-10-12-34(13-11-33)22-17-37-18-22;1-2-21-16-20(3-8-26(21)36-15-1)25-17-34-10-9-29-28(34)27(31-25)30-22-4-6-23(7-5-22)32-11-13-33(14-12-32)24-18-35-19-24;1-2-19-14-20(15-29-27(19)36-13-1)24-16-34-8-7-28-26(34)25(31-24)30-21-3-5-22(6-4-21)32-9-11-33(12-10-32)23-17-35-18-23/h5-6,8,10,12-15H,2-4,7,9,11,16-17H2,1H3,(H,31,36)(H,32,33);1-7,9,15-16,22H,8,10-14,17-18H2,(H,30,36)(H,31,32);3-10,16-17,24H,1-2,11-15,18-19H2,(H,30,31);3-8,14-16,23H,1-2,9-13,17-18H2,(H,30,31)/t28-;;;/m0.../s1. The number of piperidine rings is 1. The fourth-order valence-electron chi connectivity index (χ4n) is 21.5. The van der Waals surface area contributed by atoms with Gasteiger partial charge in [0.15, 0.2) is 45.9 Å². The molecular weight excluding hydrogens is 1890 g/mol. The molecule has 1 atom stereocenters. The number of fused-ring (bicyclic) bond motifs is 8. The van der Waals surface area contributed by atoms with E-state index in [4.69, 9.17) is 62.6 Å². The van der Waals surface area contributed by atoms with E-state index >= 15 is 0 Å². The van der Waals surface area contributed by atoms with Crippen molar-refractivity contribution in [3.05, 3.63) is 249 Å². The molecule has 1 spiro atoms. The minimum Gasteiger partial charge on any atom is -0.495 e. The number of aromatic nitrogens is 14. The van der Waals surface area contributed by atoms with Crippen molar-refractivity contribution in [2.45, 2.75) is 75.1 Å². The number of nitrogens with one attached hydrogen (secondary N) is 6. The van der Waals surface area contributed by atoms with Crippen LogP contribution in [0.15, 0.2) is 226 Å². The van der Waals surface area contributed by atoms with E-state index in [0.717, 1.165) is 320 Å². The van der Waals surface area contributed by atoms with E-state index in [1.54, 1.807) is 31.9 Å². The molecule has 12 aliphatic heterocycles. The Morgan fingerprint density at radius 2 is 0.785 bits per heavy atom. The lowest BCUT2D eigenvalue weighted by molar-refractivity contribution is -0.0660. The second kappa shape index (κ2) is 41.7. The second-order valence-electron chi connectivity index (χ2n) is 39.5. The van der Waals surface area contributed by atoms with Gasteiger partial charge in [-0.25, -0.2) is 54.6 Å². The molecule has 6 aromatic carbocycles. The maximum Gasteiger partial charge on any atom is 0.407 e. The monoisotopic (exact) mass is 2000 g/mol. The molecule has 0 radical (unpaired) electrons. The summed E-state index contributed by atoms with van der Waals surface area (Å²) >= 11 is 0. The summed E-state index contributed by atoms with van der Waals surface area (Å²) in [5, 5.41) is 19.6. The van der Waals surface area contributed by atoms with Gasteiger partial charge in [0.2, 0.25) is 11.8 Å². The average molecular weight is 2010 g/mol. The van der Waals surface area contributed by atoms with Crippen LogP contribution in [-0.4, -0.2) is 296 Å². The maximum atomic E-state index is 12.5. The Morgan fingerprint density at radius 1 is 0.383 bits per heavy atom. The van der Waals surface area contributed by atoms with Crippen molar-refractivity contribution in [2.75, 3.05) is 219 Å². The third kappa shape index (κ3) is 20.2. The van der Waals surface area contributed by atoms with Crippen LogP contribution in [0.2, 0.25) is 0 Å². The minimum absolute atomic E-state index is 0.139. The number of carbonyl (C=O) groups excluding carboxylic acids is 2. The van der Waals surface area contributed by atoms with Gasteiger partial charge in [0.25, 0.3) is 5.91 Å². The Balaban J connectivity index is 0.000000103. The molecule has 0 aliphatic carbocycles. The number of methoxy groups -OCH3 is 1. The summed E-state index contributed by atoms with van der Waals surface area (Å²) in [6.07, 6.45) is 33.8. The number of hydrogen-bond donors (Lipinski definition) is 6. The van der Waals surface area contributed by atoms with Crippen LogP contribution in [0.1, 0.15) is 59.2 Å². The zero-order chi connectivity index (χ0) is 99.7. The van der Waals surface area contributed by atoms with Crippen LogP contribution in [0, 0.1) is 0 Å². The molecule has 762 valence electrons. The number of piperazine rings is 3. The summed E-state index contributed by atoms with van der Waals surface area (Å²) < 4.78 is 58.3. The molecule has 16 aromatic rings. The van der Waals surface area contributed by atoms with Crippen molar-refractivity contribution in [1.82, 2.24) is 92.8 Å². The molecule has 8 fully saturated rings. The molecule has 8 saturated heterocycles. The zero-order valence-corrected chi connectivity index (χ0v) is 83.0. The van der Waals surface area contributed by atoms with Gasteiger partial charge >= 0.3 is 6.09 Å². The first kappa shape index (κ1) is 94.0. The number of rotatable bonds is 20. The van der Waals surface area contributed by atoms with Crippen molar-refractivity contribution in [1.29, 1.82) is 0 Å². The first-order valence-electron chi connectivity index (χ1n) is 51.8. The molecular formula is C111H117N27O11. The van der Waals surface area contributed by atoms with Gasteiger partial charge in [-0.15, -0.1) is 0 Å². The molecule has 0 unspecified atom stereocenters. The Bertz CT molecular complexity index is 7350. The topological polar surface area (TPSA) is 359 Å². The Kier molecular flexibility index (Phi) is 26.3. The van der Waals surface area contributed by atoms with Gasteiger partial charge in [-0.2, -0.15) is 0 Å². The van der Waals surface area contributed by atoms with Crippen LogP contribution in [-0.2, 0) is 38.2 Å². The quantitative estimate of drug-likeness (QED) is 0.0413. The Labute approximate surface area is 860 Å². The van der Waals surface area contributed by atoms with E-state index in [-0.39, 0.29) is 12.0 Å². The molecule has 6 N–H and O–H groups in total. The van der Waals surface area contributed by atoms with E-state index < -0.39 is 5.60 Å². The van der Waals surface area contributed by atoms with E-state index in [9.17, 15) is 9.59 Å². The van der Waals surface area contributed by atoms with Gasteiger partial charge in [-0.3, -0.25) is 19.5 Å². The van der Waals surface area contributed by atoms with Gasteiger partial charge in [-0.1, -0.05) is 0 Å². The molecule has 0 bridgehead atoms. The summed E-state index contributed by atoms with van der Waals surface area (Å²) in [4.78, 5) is 88.4. The predicted molar refractivity (Wildman–Crippen MR) is 568 cm³/mol. The number of imidazole rings is 4. The number of anilines is 12. The molecule has 28 rings (SSSR count). The summed E-state index contributed by atoms with van der Waals surface area (Å²) in [5.74, 6) is 6.35. The smallest absolute Gasteiger partial charge is 0.407 e. The van der Waals surface area contributed by atoms with E-state index in [0.29, 0.717) is 85.4 Å². The molecule has 12 aliphatic rings. The Morgan fingerprint density at radius 3 is 1.21 bits per heavy atom. The molecule has 22 heterocycles. The average Bonchev–Trinajstić information content (AvgIpc) is 1.72. The normalized spacial score (nSPS) is 18.9. The van der Waals surface area contributed by atoms with Crippen molar-refractivity contribution < 1.29 is 52.2 Å². The fraction of sp³-hybridized carbons (Fsp3) is 0.351. The van der Waals surface area contributed by atoms with Crippen LogP contribution in [0.25, 0.3) is 67.6 Å². The zero-order valence-electron chi connectivity index (χ0n) is 83.0. The number of hydrogen-bond acceptors (Lipinski definition) is 32. The van der Waals surface area contributed by atoms with E-state index in [1.165, 1.54) is 22.6 Å². The highest BCUT2D eigenvalue weighted by Crippen LogP contribution is 2.42. The van der Waals surface area contributed by atoms with Gasteiger partial charge in [0, 0.05) is 251 Å². The lowest BCUT2D eigenvalue weighted by Crippen LogP contribution is -2.56. The molecule has 10 aromatic heterocycles. The number of amides is 2. The first-order chi connectivity index (χ1) is 73.4. The summed E-state index contributed by atoms with van der Waals surface area (Å²) in [6, 6.07) is 49.8. The summed E-state index contributed by atoms with van der Waals surface area (Å²) in [5.41, 5.74) is 22.0. The van der Waals surface area contributed by atoms with E-state index in [2.05, 4.69) is 199 Å². The van der Waals surface area contributed by atoms with Crippen LogP contribution < -0.4 is 75.2 Å². The first-order valence-corrected chi connectivity index (χ1v) is 51.8. The highest BCUT2D eigenvalue weighted by Gasteiger charge is 2.45. The molecule has 2 amide bonds.